The van der Waals surface area contributed by atoms with Crippen LogP contribution in [0.2, 0.25) is 0 Å². The number of hydrogen-bond donors (Lipinski definition) is 4. The number of carbonyl (C=O) groups is 2. The zero-order valence-electron chi connectivity index (χ0n) is 22.1. The van der Waals surface area contributed by atoms with E-state index < -0.39 is 23.4 Å². The molecule has 0 unspecified atom stereocenters. The third-order valence-electron chi connectivity index (χ3n) is 6.81. The van der Waals surface area contributed by atoms with Crippen LogP contribution < -0.4 is 15.5 Å². The minimum atomic E-state index is -1.28. The Morgan fingerprint density at radius 1 is 1.28 bits per heavy atom. The predicted molar refractivity (Wildman–Crippen MR) is 141 cm³/mol. The quantitative estimate of drug-likeness (QED) is 0.282. The molecule has 0 spiro atoms. The van der Waals surface area contributed by atoms with Crippen molar-refractivity contribution in [1.82, 2.24) is 31.0 Å². The fraction of sp³-hybridized carbons (Fsp3) is 0.370. The van der Waals surface area contributed by atoms with E-state index in [-0.39, 0.29) is 23.4 Å². The van der Waals surface area contributed by atoms with Crippen LogP contribution in [-0.2, 0) is 10.4 Å². The summed E-state index contributed by atoms with van der Waals surface area (Å²) in [4.78, 5) is 30.6. The molecule has 2 amide bonds. The van der Waals surface area contributed by atoms with Gasteiger partial charge < -0.3 is 25.2 Å². The molecule has 4 heterocycles. The summed E-state index contributed by atoms with van der Waals surface area (Å²) in [5, 5.41) is 27.6. The lowest BCUT2D eigenvalue weighted by atomic mass is 9.99. The van der Waals surface area contributed by atoms with E-state index in [1.54, 1.807) is 25.3 Å². The van der Waals surface area contributed by atoms with Crippen molar-refractivity contribution in [3.63, 3.8) is 0 Å². The van der Waals surface area contributed by atoms with Gasteiger partial charge in [-0.2, -0.15) is 5.10 Å². The second-order valence-corrected chi connectivity index (χ2v) is 10.3. The number of aromatic nitrogens is 4. The number of halogens is 1. The van der Waals surface area contributed by atoms with Gasteiger partial charge in [-0.3, -0.25) is 14.7 Å². The average Bonchev–Trinajstić information content (AvgIpc) is 3.62. The van der Waals surface area contributed by atoms with Gasteiger partial charge in [0.15, 0.2) is 22.9 Å². The first-order chi connectivity index (χ1) is 18.5. The second-order valence-electron chi connectivity index (χ2n) is 10.3. The number of amides is 2. The molecule has 1 saturated heterocycles. The Kier molecular flexibility index (Phi) is 6.81. The molecule has 2 atom stereocenters. The molecule has 1 fully saturated rings. The van der Waals surface area contributed by atoms with Gasteiger partial charge in [-0.05, 0) is 50.5 Å². The fourth-order valence-electron chi connectivity index (χ4n) is 4.83. The Labute approximate surface area is 223 Å². The van der Waals surface area contributed by atoms with Crippen molar-refractivity contribution in [3.8, 4) is 11.1 Å². The number of nitrogens with one attached hydrogen (secondary N) is 3. The van der Waals surface area contributed by atoms with Crippen LogP contribution in [0.15, 0.2) is 41.1 Å². The molecule has 4 aromatic rings. The summed E-state index contributed by atoms with van der Waals surface area (Å²) in [6.45, 7) is 7.54. The number of nitrogens with zero attached hydrogens (tertiary/aromatic N) is 4. The van der Waals surface area contributed by atoms with E-state index in [0.29, 0.717) is 35.7 Å². The molecule has 4 N–H and O–H groups in total. The SMILES string of the molecule is CC(=O)N[C@@H]1CCN(c2n[nH]c3nccc(-c4ccc([C@@H](C)NC(=O)c5cc(C(C)(C)O)on5)c(F)c4)c23)C1. The smallest absolute Gasteiger partial charge is 0.273 e. The van der Waals surface area contributed by atoms with E-state index in [1.165, 1.54) is 32.9 Å². The number of hydrogen-bond acceptors (Lipinski definition) is 8. The van der Waals surface area contributed by atoms with Crippen LogP contribution in [0.1, 0.15) is 62.0 Å². The van der Waals surface area contributed by atoms with E-state index >= 15 is 4.39 Å². The monoisotopic (exact) mass is 535 g/mol. The van der Waals surface area contributed by atoms with E-state index in [4.69, 9.17) is 4.52 Å². The van der Waals surface area contributed by atoms with Crippen molar-refractivity contribution in [2.45, 2.75) is 51.8 Å². The molecule has 1 aliphatic heterocycles. The predicted octanol–water partition coefficient (Wildman–Crippen LogP) is 3.19. The highest BCUT2D eigenvalue weighted by Crippen LogP contribution is 2.35. The molecule has 0 radical (unpaired) electrons. The van der Waals surface area contributed by atoms with Crippen LogP contribution in [0.5, 0.6) is 0 Å². The van der Waals surface area contributed by atoms with Gasteiger partial charge in [-0.1, -0.05) is 17.3 Å². The van der Waals surface area contributed by atoms with E-state index in [1.807, 2.05) is 6.07 Å². The zero-order chi connectivity index (χ0) is 27.9. The van der Waals surface area contributed by atoms with Gasteiger partial charge in [-0.15, -0.1) is 0 Å². The number of rotatable bonds is 7. The molecule has 1 aromatic carbocycles. The summed E-state index contributed by atoms with van der Waals surface area (Å²) in [5.74, 6) is -0.259. The minimum Gasteiger partial charge on any atom is -0.382 e. The number of carbonyl (C=O) groups excluding carboxylic acids is 2. The van der Waals surface area contributed by atoms with Gasteiger partial charge in [0.25, 0.3) is 5.91 Å². The maximum absolute atomic E-state index is 15.4. The van der Waals surface area contributed by atoms with Crippen LogP contribution >= 0.6 is 0 Å². The van der Waals surface area contributed by atoms with Crippen LogP contribution in [0, 0.1) is 5.82 Å². The molecular weight excluding hydrogens is 505 g/mol. The van der Waals surface area contributed by atoms with Gasteiger partial charge in [0.1, 0.15) is 11.4 Å². The molecular formula is C27H30FN7O4. The summed E-state index contributed by atoms with van der Waals surface area (Å²) in [5.41, 5.74) is 0.978. The van der Waals surface area contributed by atoms with Crippen LogP contribution in [-0.4, -0.2) is 56.4 Å². The van der Waals surface area contributed by atoms with Crippen molar-refractivity contribution >= 4 is 28.7 Å². The van der Waals surface area contributed by atoms with E-state index in [0.717, 1.165) is 17.4 Å². The van der Waals surface area contributed by atoms with Crippen LogP contribution in [0.25, 0.3) is 22.2 Å². The Hall–Kier alpha value is -4.32. The van der Waals surface area contributed by atoms with Gasteiger partial charge in [0.05, 0.1) is 11.4 Å². The molecule has 3 aromatic heterocycles. The Bertz CT molecular complexity index is 1540. The van der Waals surface area contributed by atoms with Crippen molar-refractivity contribution in [3.05, 3.63) is 59.4 Å². The van der Waals surface area contributed by atoms with Gasteiger partial charge >= 0.3 is 0 Å². The maximum Gasteiger partial charge on any atom is 0.273 e. The minimum absolute atomic E-state index is 0.00896. The Morgan fingerprint density at radius 2 is 2.08 bits per heavy atom. The van der Waals surface area contributed by atoms with Crippen molar-refractivity contribution in [1.29, 1.82) is 0 Å². The summed E-state index contributed by atoms with van der Waals surface area (Å²) >= 11 is 0. The van der Waals surface area contributed by atoms with Gasteiger partial charge in [0.2, 0.25) is 5.91 Å². The molecule has 12 heteroatoms. The number of aliphatic hydroxyl groups is 1. The molecule has 1 aliphatic rings. The molecule has 0 aliphatic carbocycles. The number of aromatic amines is 1. The first kappa shape index (κ1) is 26.3. The standard InChI is InChI=1S/C27H30FN7O4/c1-14(30-26(37)21-12-22(39-34-21)27(3,4)38)18-6-5-16(11-20(18)28)19-7-9-29-24-23(19)25(33-32-24)35-10-8-17(13-35)31-15(2)36/h5-7,9,11-12,14,17,38H,8,10,13H2,1-4H3,(H,30,37)(H,31,36)(H,29,32,33)/t14-,17-/m1/s1. The lowest BCUT2D eigenvalue weighted by Gasteiger charge is -2.18. The van der Waals surface area contributed by atoms with Gasteiger partial charge in [-0.25, -0.2) is 9.37 Å². The zero-order valence-corrected chi connectivity index (χ0v) is 22.1. The van der Waals surface area contributed by atoms with Crippen molar-refractivity contribution in [2.75, 3.05) is 18.0 Å². The van der Waals surface area contributed by atoms with Crippen LogP contribution in [0.4, 0.5) is 10.2 Å². The van der Waals surface area contributed by atoms with E-state index in [9.17, 15) is 14.7 Å². The Morgan fingerprint density at radius 3 is 2.77 bits per heavy atom. The number of fused-ring (bicyclic) bond motifs is 1. The largest absolute Gasteiger partial charge is 0.382 e. The summed E-state index contributed by atoms with van der Waals surface area (Å²) in [6.07, 6.45) is 2.43. The van der Waals surface area contributed by atoms with Crippen molar-refractivity contribution < 1.29 is 23.6 Å². The lowest BCUT2D eigenvalue weighted by molar-refractivity contribution is -0.119. The highest BCUT2D eigenvalue weighted by Gasteiger charge is 2.28. The number of pyridine rings is 1. The highest BCUT2D eigenvalue weighted by atomic mass is 19.1. The third-order valence-corrected chi connectivity index (χ3v) is 6.81. The molecule has 0 bridgehead atoms. The van der Waals surface area contributed by atoms with Gasteiger partial charge in [0, 0.05) is 43.9 Å². The first-order valence-electron chi connectivity index (χ1n) is 12.7. The number of H-pyrrole nitrogens is 1. The summed E-state index contributed by atoms with van der Waals surface area (Å²) in [7, 11) is 0. The molecule has 204 valence electrons. The highest BCUT2D eigenvalue weighted by molar-refractivity contribution is 6.01. The first-order valence-corrected chi connectivity index (χ1v) is 12.7. The maximum atomic E-state index is 15.4. The third kappa shape index (κ3) is 5.32. The topological polar surface area (TPSA) is 149 Å². The number of anilines is 1. The lowest BCUT2D eigenvalue weighted by Crippen LogP contribution is -2.35. The van der Waals surface area contributed by atoms with Crippen LogP contribution in [0.3, 0.4) is 0 Å². The van der Waals surface area contributed by atoms with Crippen molar-refractivity contribution in [2.24, 2.45) is 0 Å². The number of benzene rings is 1. The van der Waals surface area contributed by atoms with E-state index in [2.05, 4.69) is 35.9 Å². The fourth-order valence-corrected chi connectivity index (χ4v) is 4.83. The molecule has 39 heavy (non-hydrogen) atoms. The second kappa shape index (κ2) is 10.1. The molecule has 11 nitrogen and oxygen atoms in total. The summed E-state index contributed by atoms with van der Waals surface area (Å²) in [6, 6.07) is 7.39. The normalized spacial score (nSPS) is 16.5. The average molecular weight is 536 g/mol. The molecule has 0 saturated carbocycles. The Balaban J connectivity index is 1.38. The summed E-state index contributed by atoms with van der Waals surface area (Å²) < 4.78 is 20.4. The molecule has 5 rings (SSSR count).